The van der Waals surface area contributed by atoms with Crippen LogP contribution < -0.4 is 5.32 Å². The Balaban J connectivity index is 0.000000231. The smallest absolute Gasteiger partial charge is 0.325 e. The highest BCUT2D eigenvalue weighted by Crippen LogP contribution is 2.32. The van der Waals surface area contributed by atoms with E-state index in [2.05, 4.69) is 38.1 Å². The maximum atomic E-state index is 11.6. The van der Waals surface area contributed by atoms with E-state index in [9.17, 15) is 4.79 Å². The molecule has 6 nitrogen and oxygen atoms in total. The number of benzene rings is 1. The molecule has 1 N–H and O–H groups in total. The van der Waals surface area contributed by atoms with E-state index in [0.717, 1.165) is 18.4 Å². The van der Waals surface area contributed by atoms with Crippen molar-refractivity contribution in [3.63, 3.8) is 0 Å². The van der Waals surface area contributed by atoms with Crippen molar-refractivity contribution in [1.82, 2.24) is 14.5 Å². The van der Waals surface area contributed by atoms with Gasteiger partial charge < -0.3 is 14.6 Å². The van der Waals surface area contributed by atoms with Crippen LogP contribution in [-0.2, 0) is 28.9 Å². The average molecular weight is 417 g/mol. The van der Waals surface area contributed by atoms with Gasteiger partial charge in [-0.1, -0.05) is 43.6 Å². The first kappa shape index (κ1) is 22.7. The second-order valence-electron chi connectivity index (χ2n) is 6.29. The first-order valence-corrected chi connectivity index (χ1v) is 10.3. The molecule has 1 aliphatic rings. The number of ether oxygens (including phenoxy) is 1. The molecule has 0 saturated carbocycles. The SMILES string of the molecule is CC.CNc1ncc(Cl)cn1.COC(=O)Cn1c2c(c3ccccc31)CCCC2. The topological polar surface area (TPSA) is 69.0 Å². The van der Waals surface area contributed by atoms with E-state index in [0.29, 0.717) is 17.5 Å². The van der Waals surface area contributed by atoms with Gasteiger partial charge in [0.05, 0.1) is 24.5 Å². The number of carbonyl (C=O) groups excluding carboxylic acids is 1. The molecule has 0 atom stereocenters. The number of nitrogens with one attached hydrogen (secondary N) is 1. The summed E-state index contributed by atoms with van der Waals surface area (Å²) in [5.74, 6) is 0.406. The molecule has 0 saturated heterocycles. The van der Waals surface area contributed by atoms with E-state index in [-0.39, 0.29) is 5.97 Å². The summed E-state index contributed by atoms with van der Waals surface area (Å²) in [6.07, 6.45) is 7.75. The van der Waals surface area contributed by atoms with Gasteiger partial charge in [0.1, 0.15) is 6.54 Å². The summed E-state index contributed by atoms with van der Waals surface area (Å²) in [7, 11) is 3.20. The van der Waals surface area contributed by atoms with E-state index >= 15 is 0 Å². The third-order valence-electron chi connectivity index (χ3n) is 4.64. The number of rotatable bonds is 3. The third-order valence-corrected chi connectivity index (χ3v) is 4.84. The Labute approximate surface area is 177 Å². The van der Waals surface area contributed by atoms with Crippen LogP contribution in [0.1, 0.15) is 37.9 Å². The highest BCUT2D eigenvalue weighted by Gasteiger charge is 2.20. The fourth-order valence-electron chi connectivity index (χ4n) is 3.40. The number of nitrogens with zero attached hydrogens (tertiary/aromatic N) is 3. The lowest BCUT2D eigenvalue weighted by Gasteiger charge is -2.15. The summed E-state index contributed by atoms with van der Waals surface area (Å²) in [5, 5.41) is 4.63. The van der Waals surface area contributed by atoms with Crippen LogP contribution in [0.15, 0.2) is 36.7 Å². The minimum atomic E-state index is -0.177. The lowest BCUT2D eigenvalue weighted by atomic mass is 9.96. The van der Waals surface area contributed by atoms with Crippen LogP contribution in [-0.4, -0.2) is 34.7 Å². The van der Waals surface area contributed by atoms with Crippen LogP contribution in [0.4, 0.5) is 5.95 Å². The molecule has 0 aliphatic heterocycles. The Kier molecular flexibility index (Phi) is 8.93. The number of methoxy groups -OCH3 is 1. The van der Waals surface area contributed by atoms with Crippen molar-refractivity contribution in [3.8, 4) is 0 Å². The second kappa shape index (κ2) is 11.4. The quantitative estimate of drug-likeness (QED) is 0.615. The molecular weight excluding hydrogens is 388 g/mol. The highest BCUT2D eigenvalue weighted by molar-refractivity contribution is 6.30. The maximum Gasteiger partial charge on any atom is 0.325 e. The molecule has 0 spiro atoms. The number of hydrogen-bond acceptors (Lipinski definition) is 5. The molecule has 1 aromatic carbocycles. The zero-order chi connectivity index (χ0) is 21.2. The summed E-state index contributed by atoms with van der Waals surface area (Å²) in [4.78, 5) is 19.3. The molecule has 7 heteroatoms. The molecule has 2 aromatic heterocycles. The summed E-state index contributed by atoms with van der Waals surface area (Å²) in [6.45, 7) is 4.33. The first-order valence-electron chi connectivity index (χ1n) is 9.95. The van der Waals surface area contributed by atoms with Crippen LogP contribution in [0.3, 0.4) is 0 Å². The number of hydrogen-bond donors (Lipinski definition) is 1. The predicted molar refractivity (Wildman–Crippen MR) is 119 cm³/mol. The zero-order valence-electron chi connectivity index (χ0n) is 17.5. The molecular formula is C22H29ClN4O2. The van der Waals surface area contributed by atoms with Gasteiger partial charge >= 0.3 is 5.97 Å². The third kappa shape index (κ3) is 5.70. The molecule has 1 aliphatic carbocycles. The van der Waals surface area contributed by atoms with Crippen LogP contribution >= 0.6 is 11.6 Å². The van der Waals surface area contributed by atoms with Crippen LogP contribution in [0.2, 0.25) is 5.02 Å². The molecule has 156 valence electrons. The van der Waals surface area contributed by atoms with E-state index in [4.69, 9.17) is 16.3 Å². The standard InChI is InChI=1S/C15H17NO2.C5H6ClN3.C2H6/c1-18-15(17)10-16-13-8-4-2-6-11(13)12-7-3-5-9-14(12)16;1-7-5-8-2-4(6)3-9-5;1-2/h2,4,6,8H,3,5,7,9-10H2,1H3;2-3H,1H3,(H,7,8,9);1-2H3. The monoisotopic (exact) mass is 416 g/mol. The van der Waals surface area contributed by atoms with Crippen molar-refractivity contribution < 1.29 is 9.53 Å². The number of esters is 1. The van der Waals surface area contributed by atoms with Gasteiger partial charge in [-0.05, 0) is 37.3 Å². The van der Waals surface area contributed by atoms with Gasteiger partial charge in [0, 0.05) is 23.6 Å². The molecule has 3 aromatic rings. The highest BCUT2D eigenvalue weighted by atomic mass is 35.5. The minimum absolute atomic E-state index is 0.177. The Morgan fingerprint density at radius 3 is 2.48 bits per heavy atom. The van der Waals surface area contributed by atoms with Crippen molar-refractivity contribution in [2.45, 2.75) is 46.1 Å². The molecule has 0 amide bonds. The molecule has 2 heterocycles. The number of halogens is 1. The molecule has 4 rings (SSSR count). The summed E-state index contributed by atoms with van der Waals surface area (Å²) >= 11 is 5.52. The number of aryl methyl sites for hydroxylation is 1. The number of para-hydroxylation sites is 1. The predicted octanol–water partition coefficient (Wildman–Crippen LogP) is 4.89. The second-order valence-corrected chi connectivity index (χ2v) is 6.72. The van der Waals surface area contributed by atoms with E-state index in [1.54, 1.807) is 19.4 Å². The normalized spacial score (nSPS) is 12.0. The van der Waals surface area contributed by atoms with E-state index < -0.39 is 0 Å². The average Bonchev–Trinajstić information content (AvgIpc) is 3.10. The van der Waals surface area contributed by atoms with Gasteiger partial charge in [0.25, 0.3) is 0 Å². The molecule has 0 fully saturated rings. The van der Waals surface area contributed by atoms with Crippen molar-refractivity contribution in [2.75, 3.05) is 19.5 Å². The molecule has 29 heavy (non-hydrogen) atoms. The number of anilines is 1. The van der Waals surface area contributed by atoms with E-state index in [1.165, 1.54) is 36.6 Å². The zero-order valence-corrected chi connectivity index (χ0v) is 18.3. The molecule has 0 unspecified atom stereocenters. The fourth-order valence-corrected chi connectivity index (χ4v) is 3.50. The first-order chi connectivity index (χ1) is 14.1. The number of carbonyl (C=O) groups is 1. The van der Waals surface area contributed by atoms with Gasteiger partial charge in [-0.25, -0.2) is 9.97 Å². The fraction of sp³-hybridized carbons (Fsp3) is 0.409. The Hall–Kier alpha value is -2.60. The van der Waals surface area contributed by atoms with E-state index in [1.807, 2.05) is 19.9 Å². The molecule has 0 bridgehead atoms. The maximum absolute atomic E-state index is 11.6. The van der Waals surface area contributed by atoms with Crippen LogP contribution in [0, 0.1) is 0 Å². The van der Waals surface area contributed by atoms with Crippen molar-refractivity contribution in [3.05, 3.63) is 52.9 Å². The largest absolute Gasteiger partial charge is 0.468 e. The Morgan fingerprint density at radius 2 is 1.83 bits per heavy atom. The molecule has 0 radical (unpaired) electrons. The van der Waals surface area contributed by atoms with Gasteiger partial charge in [-0.2, -0.15) is 0 Å². The van der Waals surface area contributed by atoms with Crippen LogP contribution in [0.25, 0.3) is 10.9 Å². The van der Waals surface area contributed by atoms with Crippen molar-refractivity contribution >= 4 is 34.4 Å². The minimum Gasteiger partial charge on any atom is -0.468 e. The lowest BCUT2D eigenvalue weighted by molar-refractivity contribution is -0.141. The Morgan fingerprint density at radius 1 is 1.17 bits per heavy atom. The Bertz CT molecular complexity index is 922. The summed E-state index contributed by atoms with van der Waals surface area (Å²) in [5.41, 5.74) is 3.92. The van der Waals surface area contributed by atoms with Crippen molar-refractivity contribution in [1.29, 1.82) is 0 Å². The summed E-state index contributed by atoms with van der Waals surface area (Å²) < 4.78 is 6.94. The van der Waals surface area contributed by atoms with Gasteiger partial charge in [-0.15, -0.1) is 0 Å². The lowest BCUT2D eigenvalue weighted by Crippen LogP contribution is -2.15. The summed E-state index contributed by atoms with van der Waals surface area (Å²) in [6, 6.07) is 8.35. The van der Waals surface area contributed by atoms with Crippen LogP contribution in [0.5, 0.6) is 0 Å². The number of aromatic nitrogens is 3. The van der Waals surface area contributed by atoms with Gasteiger partial charge in [0.2, 0.25) is 5.95 Å². The number of fused-ring (bicyclic) bond motifs is 3. The van der Waals surface area contributed by atoms with Gasteiger partial charge in [0.15, 0.2) is 0 Å². The van der Waals surface area contributed by atoms with Crippen molar-refractivity contribution in [2.24, 2.45) is 0 Å². The van der Waals surface area contributed by atoms with Gasteiger partial charge in [-0.3, -0.25) is 4.79 Å².